The lowest BCUT2D eigenvalue weighted by atomic mass is 10.2. The van der Waals surface area contributed by atoms with Crippen LogP contribution >= 0.6 is 0 Å². The summed E-state index contributed by atoms with van der Waals surface area (Å²) in [5.41, 5.74) is 0.944. The molecule has 0 heterocycles. The Hall–Kier alpha value is -0.560. The van der Waals surface area contributed by atoms with Gasteiger partial charge in [-0.2, -0.15) is 0 Å². The van der Waals surface area contributed by atoms with Crippen molar-refractivity contribution in [3.63, 3.8) is 0 Å². The molecule has 0 aromatic rings. The molecule has 0 rings (SSSR count). The second kappa shape index (κ2) is 3.44. The van der Waals surface area contributed by atoms with Gasteiger partial charge in [0, 0.05) is 0 Å². The molecule has 1 nitrogen and oxygen atoms in total. The van der Waals surface area contributed by atoms with Crippen LogP contribution in [0.4, 0.5) is 0 Å². The number of aliphatic hydroxyl groups excluding tert-OH is 1. The number of hydrogen-bond acceptors (Lipinski definition) is 1. The summed E-state index contributed by atoms with van der Waals surface area (Å²) in [6, 6.07) is 0. The Morgan fingerprint density at radius 1 is 1.75 bits per heavy atom. The highest BCUT2D eigenvalue weighted by atomic mass is 16.3. The van der Waals surface area contributed by atoms with Crippen LogP contribution in [0.2, 0.25) is 0 Å². The van der Waals surface area contributed by atoms with Crippen molar-refractivity contribution >= 4 is 0 Å². The fourth-order valence-corrected chi connectivity index (χ4v) is 0.325. The van der Waals surface area contributed by atoms with Crippen LogP contribution in [0.3, 0.4) is 0 Å². The average Bonchev–Trinajstić information content (AvgIpc) is 1.67. The quantitative estimate of drug-likeness (QED) is 0.537. The van der Waals surface area contributed by atoms with Crippen molar-refractivity contribution < 1.29 is 5.11 Å². The highest BCUT2D eigenvalue weighted by molar-refractivity contribution is 5.10. The van der Waals surface area contributed by atoms with Crippen LogP contribution in [0.15, 0.2) is 24.3 Å². The predicted molar refractivity (Wildman–Crippen MR) is 35.6 cm³/mol. The number of rotatable bonds is 2. The monoisotopic (exact) mass is 112 g/mol. The van der Waals surface area contributed by atoms with E-state index < -0.39 is 0 Å². The molecule has 1 atom stereocenters. The lowest BCUT2D eigenvalue weighted by Crippen LogP contribution is -1.99. The SMILES string of the molecule is C=CC=C(C)C(C)O. The summed E-state index contributed by atoms with van der Waals surface area (Å²) in [5, 5.41) is 8.84. The maximum absolute atomic E-state index is 8.84. The third-order valence-electron chi connectivity index (χ3n) is 1.04. The average molecular weight is 112 g/mol. The smallest absolute Gasteiger partial charge is 0.0722 e. The van der Waals surface area contributed by atoms with Gasteiger partial charge >= 0.3 is 0 Å². The van der Waals surface area contributed by atoms with E-state index in [0.29, 0.717) is 0 Å². The van der Waals surface area contributed by atoms with Crippen LogP contribution in [0.1, 0.15) is 13.8 Å². The van der Waals surface area contributed by atoms with Crippen molar-refractivity contribution in [2.45, 2.75) is 20.0 Å². The molecule has 0 saturated carbocycles. The van der Waals surface area contributed by atoms with Gasteiger partial charge in [-0.05, 0) is 19.4 Å². The van der Waals surface area contributed by atoms with Crippen molar-refractivity contribution in [2.75, 3.05) is 0 Å². The molecule has 0 aliphatic rings. The molecule has 0 radical (unpaired) electrons. The largest absolute Gasteiger partial charge is 0.389 e. The first-order valence-corrected chi connectivity index (χ1v) is 2.65. The van der Waals surface area contributed by atoms with Crippen molar-refractivity contribution in [2.24, 2.45) is 0 Å². The Morgan fingerprint density at radius 3 is 2.38 bits per heavy atom. The maximum atomic E-state index is 8.84. The van der Waals surface area contributed by atoms with Gasteiger partial charge in [0.25, 0.3) is 0 Å². The minimum Gasteiger partial charge on any atom is -0.389 e. The molecule has 8 heavy (non-hydrogen) atoms. The maximum Gasteiger partial charge on any atom is 0.0722 e. The molecule has 1 heteroatoms. The fraction of sp³-hybridized carbons (Fsp3) is 0.429. The number of hydrogen-bond donors (Lipinski definition) is 1. The van der Waals surface area contributed by atoms with E-state index in [1.54, 1.807) is 19.1 Å². The van der Waals surface area contributed by atoms with E-state index in [-0.39, 0.29) is 6.10 Å². The standard InChI is InChI=1S/C7H12O/c1-4-5-6(2)7(3)8/h4-5,7-8H,1H2,2-3H3. The first-order chi connectivity index (χ1) is 3.68. The van der Waals surface area contributed by atoms with Gasteiger partial charge < -0.3 is 5.11 Å². The molecule has 0 aliphatic carbocycles. The molecule has 1 N–H and O–H groups in total. The van der Waals surface area contributed by atoms with Gasteiger partial charge in [0.15, 0.2) is 0 Å². The molecule has 0 spiro atoms. The minimum absolute atomic E-state index is 0.340. The molecular weight excluding hydrogens is 100 g/mol. The van der Waals surface area contributed by atoms with Crippen molar-refractivity contribution in [3.05, 3.63) is 24.3 Å². The zero-order valence-corrected chi connectivity index (χ0v) is 5.39. The van der Waals surface area contributed by atoms with E-state index in [9.17, 15) is 0 Å². The molecule has 46 valence electrons. The Labute approximate surface area is 50.3 Å². The van der Waals surface area contributed by atoms with E-state index in [4.69, 9.17) is 5.11 Å². The van der Waals surface area contributed by atoms with Crippen molar-refractivity contribution in [1.29, 1.82) is 0 Å². The highest BCUT2D eigenvalue weighted by Crippen LogP contribution is 1.98. The third-order valence-corrected chi connectivity index (χ3v) is 1.04. The molecule has 1 unspecified atom stereocenters. The van der Waals surface area contributed by atoms with Gasteiger partial charge in [0.1, 0.15) is 0 Å². The Kier molecular flexibility index (Phi) is 3.20. The second-order valence-electron chi connectivity index (χ2n) is 1.82. The normalized spacial score (nSPS) is 15.6. The molecule has 0 bridgehead atoms. The molecule has 0 aromatic heterocycles. The zero-order valence-electron chi connectivity index (χ0n) is 5.39. The van der Waals surface area contributed by atoms with E-state index in [2.05, 4.69) is 6.58 Å². The van der Waals surface area contributed by atoms with Gasteiger partial charge in [0.2, 0.25) is 0 Å². The third kappa shape index (κ3) is 2.59. The Bertz CT molecular complexity index is 101. The van der Waals surface area contributed by atoms with Crippen LogP contribution in [0.25, 0.3) is 0 Å². The molecule has 0 amide bonds. The first-order valence-electron chi connectivity index (χ1n) is 2.65. The van der Waals surface area contributed by atoms with Gasteiger partial charge in [-0.25, -0.2) is 0 Å². The molecular formula is C7H12O. The Balaban J connectivity index is 3.78. The summed E-state index contributed by atoms with van der Waals surface area (Å²) in [6.07, 6.45) is 3.13. The van der Waals surface area contributed by atoms with Gasteiger partial charge in [0.05, 0.1) is 6.10 Å². The molecule has 0 aliphatic heterocycles. The number of aliphatic hydroxyl groups is 1. The van der Waals surface area contributed by atoms with Crippen molar-refractivity contribution in [1.82, 2.24) is 0 Å². The van der Waals surface area contributed by atoms with Crippen LogP contribution in [0.5, 0.6) is 0 Å². The van der Waals surface area contributed by atoms with E-state index in [1.807, 2.05) is 6.92 Å². The van der Waals surface area contributed by atoms with E-state index >= 15 is 0 Å². The molecule has 0 saturated heterocycles. The summed E-state index contributed by atoms with van der Waals surface area (Å²) in [7, 11) is 0. The zero-order chi connectivity index (χ0) is 6.57. The Morgan fingerprint density at radius 2 is 2.25 bits per heavy atom. The summed E-state index contributed by atoms with van der Waals surface area (Å²) in [5.74, 6) is 0. The second-order valence-corrected chi connectivity index (χ2v) is 1.82. The minimum atomic E-state index is -0.340. The predicted octanol–water partition coefficient (Wildman–Crippen LogP) is 1.50. The lowest BCUT2D eigenvalue weighted by Gasteiger charge is -2.00. The van der Waals surface area contributed by atoms with E-state index in [0.717, 1.165) is 5.57 Å². The highest BCUT2D eigenvalue weighted by Gasteiger charge is 1.93. The van der Waals surface area contributed by atoms with E-state index in [1.165, 1.54) is 0 Å². The van der Waals surface area contributed by atoms with Crippen LogP contribution < -0.4 is 0 Å². The van der Waals surface area contributed by atoms with Crippen LogP contribution in [-0.4, -0.2) is 11.2 Å². The fourth-order valence-electron chi connectivity index (χ4n) is 0.325. The van der Waals surface area contributed by atoms with Gasteiger partial charge in [-0.1, -0.05) is 18.7 Å². The lowest BCUT2D eigenvalue weighted by molar-refractivity contribution is 0.231. The van der Waals surface area contributed by atoms with Gasteiger partial charge in [-0.3, -0.25) is 0 Å². The molecule has 0 fully saturated rings. The summed E-state index contributed by atoms with van der Waals surface area (Å²) >= 11 is 0. The van der Waals surface area contributed by atoms with Crippen LogP contribution in [0, 0.1) is 0 Å². The topological polar surface area (TPSA) is 20.2 Å². The van der Waals surface area contributed by atoms with Crippen LogP contribution in [-0.2, 0) is 0 Å². The van der Waals surface area contributed by atoms with Gasteiger partial charge in [-0.15, -0.1) is 0 Å². The summed E-state index contributed by atoms with van der Waals surface area (Å²) in [6.45, 7) is 7.09. The summed E-state index contributed by atoms with van der Waals surface area (Å²) < 4.78 is 0. The first kappa shape index (κ1) is 7.44. The van der Waals surface area contributed by atoms with Crippen molar-refractivity contribution in [3.8, 4) is 0 Å². The number of allylic oxidation sites excluding steroid dienone is 2. The molecule has 0 aromatic carbocycles. The summed E-state index contributed by atoms with van der Waals surface area (Å²) in [4.78, 5) is 0.